The van der Waals surface area contributed by atoms with E-state index in [9.17, 15) is 0 Å². The number of piperazine rings is 1. The number of halogens is 2. The highest BCUT2D eigenvalue weighted by Gasteiger charge is 2.18. The molecule has 0 N–H and O–H groups in total. The summed E-state index contributed by atoms with van der Waals surface area (Å²) in [5, 5.41) is 0.878. The summed E-state index contributed by atoms with van der Waals surface area (Å²) in [6, 6.07) is 0. The second-order valence-electron chi connectivity index (χ2n) is 4.02. The third-order valence-corrected chi connectivity index (χ3v) is 3.54. The van der Waals surface area contributed by atoms with Crippen LogP contribution in [0.5, 0.6) is 0 Å². The Morgan fingerprint density at radius 1 is 1.00 bits per heavy atom. The van der Waals surface area contributed by atoms with Gasteiger partial charge in [-0.25, -0.2) is 9.97 Å². The van der Waals surface area contributed by atoms with Crippen molar-refractivity contribution in [3.63, 3.8) is 0 Å². The lowest BCUT2D eigenvalue weighted by Crippen LogP contribution is -2.45. The normalized spacial score (nSPS) is 17.9. The fraction of sp³-hybridized carbons (Fsp3) is 0.600. The van der Waals surface area contributed by atoms with Crippen molar-refractivity contribution in [3.05, 3.63) is 15.9 Å². The van der Waals surface area contributed by atoms with Gasteiger partial charge in [0, 0.05) is 31.7 Å². The molecule has 0 bridgehead atoms. The summed E-state index contributed by atoms with van der Waals surface area (Å²) in [7, 11) is 2.10. The quantitative estimate of drug-likeness (QED) is 0.722. The van der Waals surface area contributed by atoms with Crippen LogP contribution < -0.4 is 4.90 Å². The van der Waals surface area contributed by atoms with Crippen LogP contribution in [0.25, 0.3) is 0 Å². The average molecular weight is 261 g/mol. The first kappa shape index (κ1) is 11.9. The van der Waals surface area contributed by atoms with Gasteiger partial charge in [-0.05, 0) is 14.0 Å². The Labute approximate surface area is 105 Å². The lowest BCUT2D eigenvalue weighted by atomic mass is 10.3. The molecule has 0 aromatic carbocycles. The van der Waals surface area contributed by atoms with Crippen molar-refractivity contribution >= 4 is 29.2 Å². The molecule has 1 aromatic rings. The molecule has 2 rings (SSSR count). The van der Waals surface area contributed by atoms with Gasteiger partial charge >= 0.3 is 0 Å². The molecule has 2 heterocycles. The maximum Gasteiger partial charge on any atom is 0.228 e. The fourth-order valence-electron chi connectivity index (χ4n) is 1.60. The van der Waals surface area contributed by atoms with Gasteiger partial charge in [0.1, 0.15) is 10.3 Å². The molecule has 1 fully saturated rings. The van der Waals surface area contributed by atoms with Crippen LogP contribution in [0.15, 0.2) is 0 Å². The maximum absolute atomic E-state index is 5.99. The Balaban J connectivity index is 2.21. The van der Waals surface area contributed by atoms with Crippen molar-refractivity contribution < 1.29 is 0 Å². The van der Waals surface area contributed by atoms with Gasteiger partial charge in [-0.1, -0.05) is 23.2 Å². The van der Waals surface area contributed by atoms with E-state index in [4.69, 9.17) is 23.2 Å². The standard InChI is InChI=1S/C10H14Cl2N4/c1-7-8(11)13-10(14-9(7)12)16-5-3-15(2)4-6-16/h3-6H2,1-2H3. The first-order valence-corrected chi connectivity index (χ1v) is 5.96. The van der Waals surface area contributed by atoms with Crippen LogP contribution in [0.3, 0.4) is 0 Å². The van der Waals surface area contributed by atoms with Crippen molar-refractivity contribution in [1.29, 1.82) is 0 Å². The number of likely N-dealkylation sites (N-methyl/N-ethyl adjacent to an activating group) is 1. The van der Waals surface area contributed by atoms with Crippen molar-refractivity contribution in [2.75, 3.05) is 38.1 Å². The van der Waals surface area contributed by atoms with Gasteiger partial charge in [0.25, 0.3) is 0 Å². The predicted octanol–water partition coefficient (Wildman–Crippen LogP) is 1.84. The van der Waals surface area contributed by atoms with Crippen LogP contribution >= 0.6 is 23.2 Å². The SMILES string of the molecule is Cc1c(Cl)nc(N2CCN(C)CC2)nc1Cl. The molecule has 0 spiro atoms. The number of aromatic nitrogens is 2. The molecule has 0 saturated carbocycles. The molecular weight excluding hydrogens is 247 g/mol. The van der Waals surface area contributed by atoms with Gasteiger partial charge in [-0.15, -0.1) is 0 Å². The molecule has 1 aliphatic heterocycles. The zero-order valence-electron chi connectivity index (χ0n) is 9.37. The summed E-state index contributed by atoms with van der Waals surface area (Å²) in [5.74, 6) is 0.633. The van der Waals surface area contributed by atoms with Crippen molar-refractivity contribution in [2.45, 2.75) is 6.92 Å². The van der Waals surface area contributed by atoms with Crippen molar-refractivity contribution in [2.24, 2.45) is 0 Å². The van der Waals surface area contributed by atoms with Crippen LogP contribution in [-0.4, -0.2) is 48.1 Å². The highest BCUT2D eigenvalue weighted by atomic mass is 35.5. The minimum absolute atomic E-state index is 0.439. The Hall–Kier alpha value is -0.580. The smallest absolute Gasteiger partial charge is 0.228 e. The summed E-state index contributed by atoms with van der Waals surface area (Å²) in [6.45, 7) is 5.65. The Morgan fingerprint density at radius 2 is 1.50 bits per heavy atom. The molecule has 0 unspecified atom stereocenters. The largest absolute Gasteiger partial charge is 0.338 e. The van der Waals surface area contributed by atoms with Gasteiger partial charge in [-0.3, -0.25) is 0 Å². The summed E-state index contributed by atoms with van der Waals surface area (Å²) < 4.78 is 0. The summed E-state index contributed by atoms with van der Waals surface area (Å²) in [6.07, 6.45) is 0. The number of hydrogen-bond donors (Lipinski definition) is 0. The van der Waals surface area contributed by atoms with Gasteiger partial charge in [0.2, 0.25) is 5.95 Å². The molecule has 0 radical (unpaired) electrons. The molecule has 1 aliphatic rings. The lowest BCUT2D eigenvalue weighted by molar-refractivity contribution is 0.311. The number of anilines is 1. The Bertz CT molecular complexity index is 365. The van der Waals surface area contributed by atoms with Crippen LogP contribution in [0.2, 0.25) is 10.3 Å². The third kappa shape index (κ3) is 2.39. The molecule has 88 valence electrons. The van der Waals surface area contributed by atoms with E-state index in [1.54, 1.807) is 0 Å². The lowest BCUT2D eigenvalue weighted by Gasteiger charge is -2.32. The average Bonchev–Trinajstić information content (AvgIpc) is 2.26. The number of hydrogen-bond acceptors (Lipinski definition) is 4. The van der Waals surface area contributed by atoms with Crippen LogP contribution in [-0.2, 0) is 0 Å². The predicted molar refractivity (Wildman–Crippen MR) is 66.5 cm³/mol. The zero-order chi connectivity index (χ0) is 11.7. The van der Waals surface area contributed by atoms with Gasteiger partial charge < -0.3 is 9.80 Å². The second-order valence-corrected chi connectivity index (χ2v) is 4.74. The van der Waals surface area contributed by atoms with E-state index in [-0.39, 0.29) is 0 Å². The van der Waals surface area contributed by atoms with Gasteiger partial charge in [0.05, 0.1) is 0 Å². The highest BCUT2D eigenvalue weighted by Crippen LogP contribution is 2.23. The minimum Gasteiger partial charge on any atom is -0.338 e. The monoisotopic (exact) mass is 260 g/mol. The molecule has 1 saturated heterocycles. The molecule has 1 aromatic heterocycles. The van der Waals surface area contributed by atoms with Crippen LogP contribution in [0.4, 0.5) is 5.95 Å². The second kappa shape index (κ2) is 4.73. The van der Waals surface area contributed by atoms with Gasteiger partial charge in [0.15, 0.2) is 0 Å². The summed E-state index contributed by atoms with van der Waals surface area (Å²) >= 11 is 12.0. The zero-order valence-corrected chi connectivity index (χ0v) is 10.9. The van der Waals surface area contributed by atoms with E-state index in [1.165, 1.54) is 0 Å². The van der Waals surface area contributed by atoms with Gasteiger partial charge in [-0.2, -0.15) is 0 Å². The number of rotatable bonds is 1. The maximum atomic E-state index is 5.99. The minimum atomic E-state index is 0.439. The molecule has 0 amide bonds. The van der Waals surface area contributed by atoms with E-state index in [1.807, 2.05) is 6.92 Å². The Morgan fingerprint density at radius 3 is 2.00 bits per heavy atom. The topological polar surface area (TPSA) is 32.3 Å². The van der Waals surface area contributed by atoms with Crippen molar-refractivity contribution in [3.8, 4) is 0 Å². The first-order valence-electron chi connectivity index (χ1n) is 5.21. The van der Waals surface area contributed by atoms with E-state index >= 15 is 0 Å². The van der Waals surface area contributed by atoms with Crippen LogP contribution in [0.1, 0.15) is 5.56 Å². The summed E-state index contributed by atoms with van der Waals surface area (Å²) in [4.78, 5) is 12.9. The van der Waals surface area contributed by atoms with Crippen LogP contribution in [0, 0.1) is 6.92 Å². The molecule has 16 heavy (non-hydrogen) atoms. The highest BCUT2D eigenvalue weighted by molar-refractivity contribution is 6.34. The van der Waals surface area contributed by atoms with E-state index < -0.39 is 0 Å². The fourth-order valence-corrected chi connectivity index (χ4v) is 1.98. The summed E-state index contributed by atoms with van der Waals surface area (Å²) in [5.41, 5.74) is 0.737. The van der Waals surface area contributed by atoms with E-state index in [2.05, 4.69) is 26.8 Å². The third-order valence-electron chi connectivity index (χ3n) is 2.80. The Kier molecular flexibility index (Phi) is 3.52. The molecule has 6 heteroatoms. The molecule has 4 nitrogen and oxygen atoms in total. The molecule has 0 aliphatic carbocycles. The number of nitrogens with zero attached hydrogens (tertiary/aromatic N) is 4. The van der Waals surface area contributed by atoms with E-state index in [0.717, 1.165) is 31.7 Å². The van der Waals surface area contributed by atoms with Crippen molar-refractivity contribution in [1.82, 2.24) is 14.9 Å². The van der Waals surface area contributed by atoms with E-state index in [0.29, 0.717) is 16.3 Å². The molecular formula is C10H14Cl2N4. The molecule has 0 atom stereocenters. The first-order chi connectivity index (χ1) is 7.58.